The van der Waals surface area contributed by atoms with E-state index in [0.29, 0.717) is 18.5 Å². The van der Waals surface area contributed by atoms with Crippen molar-refractivity contribution in [3.05, 3.63) is 121 Å². The van der Waals surface area contributed by atoms with Gasteiger partial charge in [0.2, 0.25) is 11.8 Å². The number of aromatic nitrogens is 2. The van der Waals surface area contributed by atoms with Gasteiger partial charge in [-0.15, -0.1) is 0 Å². The van der Waals surface area contributed by atoms with Gasteiger partial charge in [-0.2, -0.15) is 0 Å². The second-order valence-electron chi connectivity index (χ2n) is 10.6. The molecule has 9 heteroatoms. The Hall–Kier alpha value is -5.44. The van der Waals surface area contributed by atoms with E-state index in [1.54, 1.807) is 6.20 Å². The molecular weight excluding hydrogens is 554 g/mol. The standard InChI is InChI=1S/C35H35N5O4/c41-33(14-8-20-37-32-13-6-7-19-36-32)39-31(22-28-21-27-11-4-5-12-29(27)38-28)35(44)40-30(23-34(42)43)26-17-15-25(16-18-26)24-9-2-1-3-10-24/h1-7,9-13,15-19,21,30-31,38H,8,14,20,22-23H2,(H,36,37)(H,39,41)(H,40,44)(H,42,43)/t30?,31-/m0/s1. The molecule has 9 nitrogen and oxygen atoms in total. The van der Waals surface area contributed by atoms with Crippen LogP contribution in [0.15, 0.2) is 109 Å². The molecule has 0 aliphatic rings. The number of pyridine rings is 1. The number of anilines is 1. The van der Waals surface area contributed by atoms with Crippen LogP contribution in [0.2, 0.25) is 0 Å². The molecule has 0 aliphatic heterocycles. The van der Waals surface area contributed by atoms with E-state index in [0.717, 1.165) is 33.5 Å². The van der Waals surface area contributed by atoms with Crippen LogP contribution in [-0.2, 0) is 20.8 Å². The summed E-state index contributed by atoms with van der Waals surface area (Å²) in [6.45, 7) is 0.545. The number of benzene rings is 3. The summed E-state index contributed by atoms with van der Waals surface area (Å²) >= 11 is 0. The highest BCUT2D eigenvalue weighted by Crippen LogP contribution is 2.24. The number of fused-ring (bicyclic) bond motifs is 1. The fraction of sp³-hybridized carbons (Fsp3) is 0.200. The first-order valence-electron chi connectivity index (χ1n) is 14.6. The van der Waals surface area contributed by atoms with Crippen LogP contribution in [-0.4, -0.2) is 45.4 Å². The fourth-order valence-corrected chi connectivity index (χ4v) is 5.11. The zero-order valence-electron chi connectivity index (χ0n) is 24.2. The van der Waals surface area contributed by atoms with Gasteiger partial charge in [0.05, 0.1) is 12.5 Å². The van der Waals surface area contributed by atoms with Crippen molar-refractivity contribution in [3.63, 3.8) is 0 Å². The second-order valence-corrected chi connectivity index (χ2v) is 10.6. The van der Waals surface area contributed by atoms with Crippen LogP contribution >= 0.6 is 0 Å². The largest absolute Gasteiger partial charge is 0.481 e. The number of nitrogens with zero attached hydrogens (tertiary/aromatic N) is 1. The number of H-pyrrole nitrogens is 1. The molecule has 0 aliphatic carbocycles. The molecule has 0 bridgehead atoms. The van der Waals surface area contributed by atoms with Crippen LogP contribution in [0.1, 0.15) is 36.6 Å². The lowest BCUT2D eigenvalue weighted by Crippen LogP contribution is -2.49. The molecule has 2 amide bonds. The van der Waals surface area contributed by atoms with Crippen molar-refractivity contribution < 1.29 is 19.5 Å². The van der Waals surface area contributed by atoms with Crippen LogP contribution in [0.3, 0.4) is 0 Å². The third kappa shape index (κ3) is 8.32. The van der Waals surface area contributed by atoms with Crippen LogP contribution in [0, 0.1) is 0 Å². The second kappa shape index (κ2) is 14.6. The number of hydrogen-bond donors (Lipinski definition) is 5. The number of carboxylic acid groups (broad SMARTS) is 1. The van der Waals surface area contributed by atoms with Crippen molar-refractivity contribution in [3.8, 4) is 11.1 Å². The van der Waals surface area contributed by atoms with Gasteiger partial charge >= 0.3 is 5.97 Å². The lowest BCUT2D eigenvalue weighted by Gasteiger charge is -2.23. The molecule has 0 saturated heterocycles. The SMILES string of the molecule is O=C(O)CC(NC(=O)[C@H](Cc1cc2ccccc2[nH]1)NC(=O)CCCNc1ccccn1)c1ccc(-c2ccccc2)cc1. The maximum atomic E-state index is 13.7. The molecule has 3 aromatic carbocycles. The van der Waals surface area contributed by atoms with Gasteiger partial charge in [-0.3, -0.25) is 14.4 Å². The van der Waals surface area contributed by atoms with E-state index >= 15 is 0 Å². The molecule has 0 fully saturated rings. The number of hydrogen-bond acceptors (Lipinski definition) is 5. The van der Waals surface area contributed by atoms with Crippen LogP contribution in [0.5, 0.6) is 0 Å². The lowest BCUT2D eigenvalue weighted by molar-refractivity contribution is -0.138. The van der Waals surface area contributed by atoms with Crippen molar-refractivity contribution in [1.82, 2.24) is 20.6 Å². The highest BCUT2D eigenvalue weighted by atomic mass is 16.4. The molecule has 2 aromatic heterocycles. The molecular formula is C35H35N5O4. The number of carbonyl (C=O) groups excluding carboxylic acids is 2. The van der Waals surface area contributed by atoms with Crippen molar-refractivity contribution >= 4 is 34.5 Å². The predicted octanol–water partition coefficient (Wildman–Crippen LogP) is 5.48. The Morgan fingerprint density at radius 3 is 2.27 bits per heavy atom. The number of amides is 2. The Morgan fingerprint density at radius 2 is 1.55 bits per heavy atom. The lowest BCUT2D eigenvalue weighted by atomic mass is 9.98. The van der Waals surface area contributed by atoms with Gasteiger partial charge in [0, 0.05) is 36.8 Å². The Labute approximate surface area is 255 Å². The summed E-state index contributed by atoms with van der Waals surface area (Å²) in [7, 11) is 0. The number of nitrogens with one attached hydrogen (secondary N) is 4. The van der Waals surface area contributed by atoms with Gasteiger partial charge in [0.1, 0.15) is 11.9 Å². The highest BCUT2D eigenvalue weighted by Gasteiger charge is 2.26. The van der Waals surface area contributed by atoms with Gasteiger partial charge in [-0.25, -0.2) is 4.98 Å². The minimum absolute atomic E-state index is 0.204. The molecule has 0 spiro atoms. The Kier molecular flexibility index (Phi) is 9.99. The molecule has 0 radical (unpaired) electrons. The summed E-state index contributed by atoms with van der Waals surface area (Å²) in [6.07, 6.45) is 2.35. The molecule has 5 aromatic rings. The Morgan fingerprint density at radius 1 is 0.818 bits per heavy atom. The summed E-state index contributed by atoms with van der Waals surface area (Å²) in [6, 6.07) is 30.9. The fourth-order valence-electron chi connectivity index (χ4n) is 5.11. The van der Waals surface area contributed by atoms with Crippen molar-refractivity contribution in [2.45, 2.75) is 37.8 Å². The maximum Gasteiger partial charge on any atom is 0.305 e. The van der Waals surface area contributed by atoms with Crippen molar-refractivity contribution in [1.29, 1.82) is 0 Å². The van der Waals surface area contributed by atoms with E-state index in [1.807, 2.05) is 103 Å². The van der Waals surface area contributed by atoms with E-state index in [4.69, 9.17) is 0 Å². The van der Waals surface area contributed by atoms with Gasteiger partial charge < -0.3 is 26.0 Å². The number of aromatic amines is 1. The average Bonchev–Trinajstić information content (AvgIpc) is 3.46. The van der Waals surface area contributed by atoms with E-state index in [-0.39, 0.29) is 25.2 Å². The highest BCUT2D eigenvalue weighted by molar-refractivity contribution is 5.89. The molecule has 5 N–H and O–H groups in total. The molecule has 2 heterocycles. The smallest absolute Gasteiger partial charge is 0.305 e. The van der Waals surface area contributed by atoms with E-state index in [2.05, 4.69) is 25.9 Å². The zero-order valence-corrected chi connectivity index (χ0v) is 24.2. The summed E-state index contributed by atoms with van der Waals surface area (Å²) in [5.41, 5.74) is 4.39. The zero-order chi connectivity index (χ0) is 30.7. The minimum atomic E-state index is -1.04. The normalized spacial score (nSPS) is 12.3. The molecule has 44 heavy (non-hydrogen) atoms. The summed E-state index contributed by atoms with van der Waals surface area (Å²) < 4.78 is 0. The van der Waals surface area contributed by atoms with Gasteiger partial charge in [0.15, 0.2) is 0 Å². The third-order valence-corrected chi connectivity index (χ3v) is 7.33. The van der Waals surface area contributed by atoms with Gasteiger partial charge in [-0.05, 0) is 52.8 Å². The van der Waals surface area contributed by atoms with E-state index < -0.39 is 24.0 Å². The summed E-state index contributed by atoms with van der Waals surface area (Å²) in [4.78, 5) is 46.1. The number of para-hydroxylation sites is 1. The van der Waals surface area contributed by atoms with E-state index in [9.17, 15) is 19.5 Å². The minimum Gasteiger partial charge on any atom is -0.481 e. The van der Waals surface area contributed by atoms with E-state index in [1.165, 1.54) is 0 Å². The maximum absolute atomic E-state index is 13.7. The predicted molar refractivity (Wildman–Crippen MR) is 171 cm³/mol. The van der Waals surface area contributed by atoms with Gasteiger partial charge in [-0.1, -0.05) is 78.9 Å². The van der Waals surface area contributed by atoms with Crippen LogP contribution in [0.25, 0.3) is 22.0 Å². The molecule has 0 saturated carbocycles. The molecule has 5 rings (SSSR count). The average molecular weight is 590 g/mol. The Bertz CT molecular complexity index is 1650. The quantitative estimate of drug-likeness (QED) is 0.109. The van der Waals surface area contributed by atoms with Gasteiger partial charge in [0.25, 0.3) is 0 Å². The summed E-state index contributed by atoms with van der Waals surface area (Å²) in [5, 5.41) is 19.6. The summed E-state index contributed by atoms with van der Waals surface area (Å²) in [5.74, 6) is -1.04. The number of carboxylic acids is 1. The molecule has 1 unspecified atom stereocenters. The van der Waals surface area contributed by atoms with Crippen LogP contribution in [0.4, 0.5) is 5.82 Å². The first-order valence-corrected chi connectivity index (χ1v) is 14.6. The first-order chi connectivity index (χ1) is 21.4. The Balaban J connectivity index is 1.29. The molecule has 2 atom stereocenters. The number of aliphatic carboxylic acids is 1. The topological polar surface area (TPSA) is 136 Å². The first kappa shape index (κ1) is 30.0. The van der Waals surface area contributed by atoms with Crippen molar-refractivity contribution in [2.24, 2.45) is 0 Å². The third-order valence-electron chi connectivity index (χ3n) is 7.33. The molecule has 224 valence electrons. The number of rotatable bonds is 14. The van der Waals surface area contributed by atoms with Crippen LogP contribution < -0.4 is 16.0 Å². The number of carbonyl (C=O) groups is 3. The van der Waals surface area contributed by atoms with Crippen molar-refractivity contribution in [2.75, 3.05) is 11.9 Å². The monoisotopic (exact) mass is 589 g/mol.